The third-order valence-corrected chi connectivity index (χ3v) is 18.2. The number of fused-ring (bicyclic) bond motifs is 10. The van der Waals surface area contributed by atoms with Crippen molar-refractivity contribution >= 4 is 86.2 Å². The van der Waals surface area contributed by atoms with E-state index >= 15 is 0 Å². The summed E-state index contributed by atoms with van der Waals surface area (Å²) >= 11 is 0. The van der Waals surface area contributed by atoms with Crippen LogP contribution in [0, 0.1) is 0 Å². The Morgan fingerprint density at radius 1 is 0.116 bits per heavy atom. The number of hydrogen-bond donors (Lipinski definition) is 0. The van der Waals surface area contributed by atoms with Crippen LogP contribution in [0.25, 0.3) is 175 Å². The third kappa shape index (κ3) is 8.14. The fourth-order valence-electron chi connectivity index (χ4n) is 14.3. The Morgan fingerprint density at radius 2 is 0.384 bits per heavy atom. The van der Waals surface area contributed by atoms with Gasteiger partial charge >= 0.3 is 0 Å². The molecule has 0 atom stereocenters. The lowest BCUT2D eigenvalue weighted by Crippen LogP contribution is -1.94. The van der Waals surface area contributed by atoms with Crippen LogP contribution in [-0.2, 0) is 0 Å². The summed E-state index contributed by atoms with van der Waals surface area (Å²) in [4.78, 5) is 0. The van der Waals surface area contributed by atoms with Gasteiger partial charge in [0.05, 0.1) is 0 Å². The van der Waals surface area contributed by atoms with Crippen molar-refractivity contribution in [3.05, 3.63) is 328 Å². The Labute approximate surface area is 499 Å². The van der Waals surface area contributed by atoms with Crippen LogP contribution in [0.4, 0.5) is 0 Å². The Kier molecular flexibility index (Phi) is 11.7. The van der Waals surface area contributed by atoms with Crippen molar-refractivity contribution in [1.82, 2.24) is 0 Å². The molecule has 0 radical (unpaired) electrons. The Balaban J connectivity index is 0.820. The van der Waals surface area contributed by atoms with Gasteiger partial charge in [-0.2, -0.15) is 0 Å². The Morgan fingerprint density at radius 3 is 0.779 bits per heavy atom. The second-order valence-corrected chi connectivity index (χ2v) is 23.0. The van der Waals surface area contributed by atoms with E-state index in [1.54, 1.807) is 0 Å². The molecule has 0 nitrogen and oxygen atoms in total. The van der Waals surface area contributed by atoms with Crippen molar-refractivity contribution in [2.24, 2.45) is 0 Å². The average Bonchev–Trinajstić information content (AvgIpc) is 1.82. The lowest BCUT2D eigenvalue weighted by Gasteiger charge is -2.21. The smallest absolute Gasteiger partial charge is 0.00261 e. The Hall–Kier alpha value is -11.2. The normalized spacial score (nSPS) is 11.7. The molecule has 0 aromatic heterocycles. The molecule has 0 spiro atoms. The van der Waals surface area contributed by atoms with Crippen molar-refractivity contribution in [2.75, 3.05) is 0 Å². The fourth-order valence-corrected chi connectivity index (χ4v) is 14.3. The van der Waals surface area contributed by atoms with Gasteiger partial charge < -0.3 is 0 Å². The van der Waals surface area contributed by atoms with Gasteiger partial charge in [-0.25, -0.2) is 0 Å². The summed E-state index contributed by atoms with van der Waals surface area (Å²) in [7, 11) is 0. The minimum absolute atomic E-state index is 1.16. The topological polar surface area (TPSA) is 0 Å². The molecular weight excluding hydrogens is 1030 g/mol. The molecule has 17 aromatic carbocycles. The number of benzene rings is 17. The van der Waals surface area contributed by atoms with E-state index in [0.717, 1.165) is 16.7 Å². The molecule has 0 heterocycles. The van der Waals surface area contributed by atoms with E-state index in [4.69, 9.17) is 0 Å². The fraction of sp³-hybridized carbons (Fsp3) is 0. The van der Waals surface area contributed by atoms with Gasteiger partial charge in [0.2, 0.25) is 0 Å². The first-order valence-corrected chi connectivity index (χ1v) is 29.9. The van der Waals surface area contributed by atoms with E-state index in [2.05, 4.69) is 328 Å². The summed E-state index contributed by atoms with van der Waals surface area (Å²) in [6, 6.07) is 122. The third-order valence-electron chi connectivity index (χ3n) is 18.2. The average molecular weight is 1090 g/mol. The van der Waals surface area contributed by atoms with E-state index in [0.29, 0.717) is 0 Å². The maximum Gasteiger partial charge on any atom is -0.00261 e. The lowest BCUT2D eigenvalue weighted by molar-refractivity contribution is 1.54. The van der Waals surface area contributed by atoms with Crippen LogP contribution in [0.1, 0.15) is 0 Å². The standard InChI is InChI=1S/C86H54/c1-3-20-55(21-4-1)80-53-67(63-26-19-27-64(50-63)84-74-34-15-17-36-76(74)86(77-37-18-16-35-75(77)84)66-49-43-60-41-39-58-25-8-10-29-69(58)79(60)52-66)54-81(56-22-5-2-6-23-56)83(80)62-46-44-61(45-47-62)82-70-30-11-13-32-72(70)85(73-33-14-12-31-71(73)82)65-48-42-59-40-38-57-24-7-9-28-68(57)78(59)51-65/h1-54H. The molecule has 17 aromatic rings. The first-order valence-electron chi connectivity index (χ1n) is 29.9. The molecule has 0 N–H and O–H groups in total. The molecule has 0 aliphatic carbocycles. The van der Waals surface area contributed by atoms with E-state index in [-0.39, 0.29) is 0 Å². The first-order chi connectivity index (χ1) is 42.7. The molecule has 0 unspecified atom stereocenters. The van der Waals surface area contributed by atoms with Crippen molar-refractivity contribution in [2.45, 2.75) is 0 Å². The minimum atomic E-state index is 1.16. The zero-order chi connectivity index (χ0) is 56.7. The van der Waals surface area contributed by atoms with Gasteiger partial charge in [-0.3, -0.25) is 0 Å². The van der Waals surface area contributed by atoms with Crippen molar-refractivity contribution < 1.29 is 0 Å². The summed E-state index contributed by atoms with van der Waals surface area (Å²) in [5.41, 5.74) is 19.3. The highest BCUT2D eigenvalue weighted by atomic mass is 14.3. The maximum absolute atomic E-state index is 2.43. The molecule has 0 amide bonds. The Bertz CT molecular complexity index is 5380. The molecule has 0 fully saturated rings. The quantitative estimate of drug-likeness (QED) is 0.105. The molecular formula is C86H54. The highest BCUT2D eigenvalue weighted by molar-refractivity contribution is 6.24. The van der Waals surface area contributed by atoms with Crippen LogP contribution in [0.3, 0.4) is 0 Å². The van der Waals surface area contributed by atoms with Gasteiger partial charge in [0.25, 0.3) is 0 Å². The summed E-state index contributed by atoms with van der Waals surface area (Å²) in [5.74, 6) is 0. The van der Waals surface area contributed by atoms with Crippen molar-refractivity contribution in [3.63, 3.8) is 0 Å². The monoisotopic (exact) mass is 1090 g/mol. The zero-order valence-electron chi connectivity index (χ0n) is 47.2. The van der Waals surface area contributed by atoms with Crippen LogP contribution < -0.4 is 0 Å². The molecule has 86 heavy (non-hydrogen) atoms. The van der Waals surface area contributed by atoms with Crippen molar-refractivity contribution in [3.8, 4) is 89.0 Å². The molecule has 0 bridgehead atoms. The van der Waals surface area contributed by atoms with E-state index in [9.17, 15) is 0 Å². The summed E-state index contributed by atoms with van der Waals surface area (Å²) < 4.78 is 0. The van der Waals surface area contributed by atoms with Crippen LogP contribution in [0.15, 0.2) is 328 Å². The SMILES string of the molecule is c1ccc(-c2cc(-c3cccc(-c4c5ccccc5c(-c5ccc6ccc7ccccc7c6c5)c5ccccc45)c3)cc(-c3ccccc3)c2-c2ccc(-c3c4ccccc4c(-c4ccc5ccc6ccccc6c5c4)c4ccccc34)cc2)cc1. The highest BCUT2D eigenvalue weighted by Gasteiger charge is 2.22. The van der Waals surface area contributed by atoms with E-state index < -0.39 is 0 Å². The summed E-state index contributed by atoms with van der Waals surface area (Å²) in [5, 5.41) is 20.0. The molecule has 0 aliphatic rings. The minimum Gasteiger partial charge on any atom is -0.0622 e. The van der Waals surface area contributed by atoms with Crippen LogP contribution in [0.5, 0.6) is 0 Å². The van der Waals surface area contributed by atoms with Gasteiger partial charge in [0.15, 0.2) is 0 Å². The molecule has 0 aliphatic heterocycles. The summed E-state index contributed by atoms with van der Waals surface area (Å²) in [6.07, 6.45) is 0. The molecule has 17 rings (SSSR count). The van der Waals surface area contributed by atoms with E-state index in [1.807, 2.05) is 0 Å². The predicted molar refractivity (Wildman–Crippen MR) is 370 cm³/mol. The molecule has 0 heteroatoms. The van der Waals surface area contributed by atoms with Crippen molar-refractivity contribution in [1.29, 1.82) is 0 Å². The maximum atomic E-state index is 2.43. The highest BCUT2D eigenvalue weighted by Crippen LogP contribution is 2.49. The zero-order valence-corrected chi connectivity index (χ0v) is 47.2. The van der Waals surface area contributed by atoms with Gasteiger partial charge in [-0.1, -0.05) is 297 Å². The predicted octanol–water partition coefficient (Wildman–Crippen LogP) is 24.2. The largest absolute Gasteiger partial charge is 0.0622 e. The van der Waals surface area contributed by atoms with Gasteiger partial charge in [-0.15, -0.1) is 0 Å². The molecule has 398 valence electrons. The van der Waals surface area contributed by atoms with Gasteiger partial charge in [-0.05, 0) is 206 Å². The molecule has 0 saturated heterocycles. The first kappa shape index (κ1) is 49.4. The van der Waals surface area contributed by atoms with Crippen LogP contribution >= 0.6 is 0 Å². The van der Waals surface area contributed by atoms with Gasteiger partial charge in [0, 0.05) is 0 Å². The second-order valence-electron chi connectivity index (χ2n) is 23.0. The van der Waals surface area contributed by atoms with Crippen LogP contribution in [0.2, 0.25) is 0 Å². The number of hydrogen-bond acceptors (Lipinski definition) is 0. The van der Waals surface area contributed by atoms with Crippen LogP contribution in [-0.4, -0.2) is 0 Å². The number of rotatable bonds is 8. The van der Waals surface area contributed by atoms with Gasteiger partial charge in [0.1, 0.15) is 0 Å². The molecule has 0 saturated carbocycles. The lowest BCUT2D eigenvalue weighted by atomic mass is 9.82. The summed E-state index contributed by atoms with van der Waals surface area (Å²) in [6.45, 7) is 0. The van der Waals surface area contributed by atoms with E-state index in [1.165, 1.54) is 159 Å². The second kappa shape index (κ2) is 20.3.